The van der Waals surface area contributed by atoms with Crippen LogP contribution in [0.15, 0.2) is 23.2 Å². The largest absolute Gasteiger partial charge is 0.477 e. The predicted octanol–water partition coefficient (Wildman–Crippen LogP) is 1.14. The Morgan fingerprint density at radius 3 is 2.84 bits per heavy atom. The van der Waals surface area contributed by atoms with Gasteiger partial charge in [-0.15, -0.1) is 11.8 Å². The van der Waals surface area contributed by atoms with Crippen molar-refractivity contribution in [2.45, 2.75) is 11.8 Å². The number of nitrogens with zero attached hydrogens (tertiary/aromatic N) is 1. The highest BCUT2D eigenvalue weighted by Gasteiger charge is 2.10. The third-order valence-electron chi connectivity index (χ3n) is 1.84. The molecule has 2 N–H and O–H groups in total. The van der Waals surface area contributed by atoms with E-state index in [2.05, 4.69) is 9.72 Å². The fourth-order valence-corrected chi connectivity index (χ4v) is 1.81. The van der Waals surface area contributed by atoms with Crippen molar-refractivity contribution in [1.82, 2.24) is 10.3 Å². The number of imide groups is 1. The normalized spacial score (nSPS) is 9.74. The van der Waals surface area contributed by atoms with E-state index in [1.54, 1.807) is 13.0 Å². The Kier molecular flexibility index (Phi) is 5.80. The summed E-state index contributed by atoms with van der Waals surface area (Å²) in [6.07, 6.45) is 0.545. The molecule has 19 heavy (non-hydrogen) atoms. The minimum atomic E-state index is -1.14. The van der Waals surface area contributed by atoms with E-state index in [1.165, 1.54) is 12.3 Å². The number of alkyl carbamates (subject to hydrolysis) is 1. The van der Waals surface area contributed by atoms with Gasteiger partial charge in [-0.05, 0) is 19.1 Å². The summed E-state index contributed by atoms with van der Waals surface area (Å²) in [5, 5.41) is 10.8. The van der Waals surface area contributed by atoms with Crippen LogP contribution < -0.4 is 5.32 Å². The summed E-state index contributed by atoms with van der Waals surface area (Å²) in [7, 11) is 0. The Labute approximate surface area is 113 Å². The fourth-order valence-electron chi connectivity index (χ4n) is 1.08. The number of hydrogen-bond donors (Lipinski definition) is 2. The Hall–Kier alpha value is -2.09. The number of amides is 2. The number of carbonyl (C=O) groups excluding carboxylic acids is 2. The molecule has 0 spiro atoms. The molecule has 0 saturated heterocycles. The quantitative estimate of drug-likeness (QED) is 0.781. The molecule has 0 saturated carbocycles. The Morgan fingerprint density at radius 1 is 1.47 bits per heavy atom. The van der Waals surface area contributed by atoms with Crippen LogP contribution in [-0.4, -0.2) is 40.4 Å². The van der Waals surface area contributed by atoms with Crippen LogP contribution in [0.4, 0.5) is 4.79 Å². The number of nitrogens with one attached hydrogen (secondary N) is 1. The maximum atomic E-state index is 11.4. The molecule has 0 aromatic carbocycles. The van der Waals surface area contributed by atoms with E-state index in [1.807, 2.05) is 5.32 Å². The smallest absolute Gasteiger partial charge is 0.413 e. The first-order chi connectivity index (χ1) is 9.02. The molecular formula is C11H12N2O5S. The second kappa shape index (κ2) is 7.37. The molecule has 1 aromatic heterocycles. The van der Waals surface area contributed by atoms with Crippen LogP contribution in [0.25, 0.3) is 0 Å². The molecule has 0 aliphatic carbocycles. The summed E-state index contributed by atoms with van der Waals surface area (Å²) in [6.45, 7) is 1.81. The number of aromatic nitrogens is 1. The number of hydrogen-bond acceptors (Lipinski definition) is 6. The van der Waals surface area contributed by atoms with Crippen LogP contribution in [0.3, 0.4) is 0 Å². The van der Waals surface area contributed by atoms with Crippen LogP contribution in [0.2, 0.25) is 0 Å². The maximum absolute atomic E-state index is 11.4. The van der Waals surface area contributed by atoms with E-state index in [0.29, 0.717) is 4.90 Å². The van der Waals surface area contributed by atoms with Crippen molar-refractivity contribution in [2.24, 2.45) is 0 Å². The van der Waals surface area contributed by atoms with E-state index in [-0.39, 0.29) is 18.1 Å². The van der Waals surface area contributed by atoms with Crippen LogP contribution in [0.1, 0.15) is 17.4 Å². The second-order valence-corrected chi connectivity index (χ2v) is 4.29. The molecule has 7 nitrogen and oxygen atoms in total. The highest BCUT2D eigenvalue weighted by atomic mass is 32.2. The molecule has 0 radical (unpaired) electrons. The first-order valence-corrected chi connectivity index (χ1v) is 6.30. The first-order valence-electron chi connectivity index (χ1n) is 5.31. The molecule has 1 aromatic rings. The highest BCUT2D eigenvalue weighted by molar-refractivity contribution is 8.00. The van der Waals surface area contributed by atoms with Crippen LogP contribution in [0.5, 0.6) is 0 Å². The zero-order valence-electron chi connectivity index (χ0n) is 10.1. The average molecular weight is 284 g/mol. The van der Waals surface area contributed by atoms with Gasteiger partial charge in [0.15, 0.2) is 0 Å². The second-order valence-electron chi connectivity index (χ2n) is 3.24. The van der Waals surface area contributed by atoms with Gasteiger partial charge in [0.25, 0.3) is 0 Å². The van der Waals surface area contributed by atoms with Crippen LogP contribution in [-0.2, 0) is 9.53 Å². The van der Waals surface area contributed by atoms with E-state index >= 15 is 0 Å². The summed E-state index contributed by atoms with van der Waals surface area (Å²) in [5.41, 5.74) is -0.101. The Bertz CT molecular complexity index is 492. The van der Waals surface area contributed by atoms with Gasteiger partial charge in [0, 0.05) is 11.1 Å². The molecular weight excluding hydrogens is 272 g/mol. The number of carboxylic acids is 1. The maximum Gasteiger partial charge on any atom is 0.413 e. The Balaban J connectivity index is 2.48. The lowest BCUT2D eigenvalue weighted by Crippen LogP contribution is -2.32. The van der Waals surface area contributed by atoms with Crippen molar-refractivity contribution < 1.29 is 24.2 Å². The number of carboxylic acid groups (broad SMARTS) is 1. The molecule has 1 heterocycles. The van der Waals surface area contributed by atoms with Crippen molar-refractivity contribution in [2.75, 3.05) is 12.4 Å². The van der Waals surface area contributed by atoms with Gasteiger partial charge < -0.3 is 9.84 Å². The number of pyridine rings is 1. The molecule has 8 heteroatoms. The number of ether oxygens (including phenoxy) is 1. The van der Waals surface area contributed by atoms with Crippen molar-refractivity contribution in [3.8, 4) is 0 Å². The van der Waals surface area contributed by atoms with Gasteiger partial charge in [0.05, 0.1) is 12.4 Å². The third kappa shape index (κ3) is 5.38. The predicted molar refractivity (Wildman–Crippen MR) is 67.1 cm³/mol. The van der Waals surface area contributed by atoms with Gasteiger partial charge in [0.2, 0.25) is 5.91 Å². The third-order valence-corrected chi connectivity index (χ3v) is 2.83. The molecule has 0 aliphatic rings. The van der Waals surface area contributed by atoms with Crippen LogP contribution >= 0.6 is 11.8 Å². The SMILES string of the molecule is CCOC(=O)NC(=O)CSc1ccnc(C(=O)O)c1. The van der Waals surface area contributed by atoms with Gasteiger partial charge in [-0.2, -0.15) is 0 Å². The van der Waals surface area contributed by atoms with Gasteiger partial charge in [-0.25, -0.2) is 14.6 Å². The van der Waals surface area contributed by atoms with Gasteiger partial charge in [0.1, 0.15) is 5.69 Å². The molecule has 2 amide bonds. The number of aromatic carboxylic acids is 1. The zero-order valence-corrected chi connectivity index (χ0v) is 10.9. The van der Waals surface area contributed by atoms with Gasteiger partial charge in [-0.3, -0.25) is 10.1 Å². The average Bonchev–Trinajstić information content (AvgIpc) is 2.37. The number of thioether (sulfide) groups is 1. The van der Waals surface area contributed by atoms with Crippen molar-refractivity contribution in [3.63, 3.8) is 0 Å². The van der Waals surface area contributed by atoms with Gasteiger partial charge in [-0.1, -0.05) is 0 Å². The standard InChI is InChI=1S/C11H12N2O5S/c1-2-18-11(17)13-9(14)6-19-7-3-4-12-8(5-7)10(15)16/h3-5H,2,6H2,1H3,(H,15,16)(H,13,14,17). The summed E-state index contributed by atoms with van der Waals surface area (Å²) in [4.78, 5) is 37.2. The van der Waals surface area contributed by atoms with E-state index in [4.69, 9.17) is 5.11 Å². The lowest BCUT2D eigenvalue weighted by atomic mass is 10.3. The van der Waals surface area contributed by atoms with Crippen LogP contribution in [0, 0.1) is 0 Å². The first kappa shape index (κ1) is 15.0. The minimum Gasteiger partial charge on any atom is -0.477 e. The van der Waals surface area contributed by atoms with Crippen molar-refractivity contribution in [1.29, 1.82) is 0 Å². The van der Waals surface area contributed by atoms with Gasteiger partial charge >= 0.3 is 12.1 Å². The molecule has 0 unspecified atom stereocenters. The summed E-state index contributed by atoms with van der Waals surface area (Å²) >= 11 is 1.10. The summed E-state index contributed by atoms with van der Waals surface area (Å²) in [5.74, 6) is -1.68. The molecule has 0 bridgehead atoms. The molecule has 1 rings (SSSR count). The summed E-state index contributed by atoms with van der Waals surface area (Å²) < 4.78 is 4.55. The minimum absolute atomic E-state index is 0.0259. The highest BCUT2D eigenvalue weighted by Crippen LogP contribution is 2.17. The molecule has 0 aliphatic heterocycles. The Morgan fingerprint density at radius 2 is 2.21 bits per heavy atom. The zero-order chi connectivity index (χ0) is 14.3. The molecule has 0 atom stereocenters. The van der Waals surface area contributed by atoms with E-state index in [0.717, 1.165) is 11.8 Å². The molecule has 102 valence electrons. The van der Waals surface area contributed by atoms with Crippen molar-refractivity contribution in [3.05, 3.63) is 24.0 Å². The fraction of sp³-hybridized carbons (Fsp3) is 0.273. The van der Waals surface area contributed by atoms with Crippen molar-refractivity contribution >= 4 is 29.7 Å². The van der Waals surface area contributed by atoms with E-state index in [9.17, 15) is 14.4 Å². The lowest BCUT2D eigenvalue weighted by molar-refractivity contribution is -0.117. The molecule has 0 fully saturated rings. The van der Waals surface area contributed by atoms with E-state index < -0.39 is 18.0 Å². The topological polar surface area (TPSA) is 106 Å². The monoisotopic (exact) mass is 284 g/mol. The lowest BCUT2D eigenvalue weighted by Gasteiger charge is -2.04. The summed E-state index contributed by atoms with van der Waals surface area (Å²) in [6, 6.07) is 2.93. The number of rotatable bonds is 5. The number of carbonyl (C=O) groups is 3.